The zero-order valence-corrected chi connectivity index (χ0v) is 16.6. The zero-order valence-electron chi connectivity index (χ0n) is 14.9. The molecule has 8 heteroatoms. The smallest absolute Gasteiger partial charge is 0.266 e. The molecule has 0 radical (unpaired) electrons. The van der Waals surface area contributed by atoms with Gasteiger partial charge < -0.3 is 4.90 Å². The number of sulfonamides is 1. The molecule has 3 rings (SSSR count). The van der Waals surface area contributed by atoms with Crippen molar-refractivity contribution in [3.05, 3.63) is 40.9 Å². The van der Waals surface area contributed by atoms with Crippen LogP contribution in [-0.4, -0.2) is 49.6 Å². The van der Waals surface area contributed by atoms with Gasteiger partial charge in [-0.2, -0.15) is 0 Å². The quantitative estimate of drug-likeness (QED) is 0.847. The summed E-state index contributed by atoms with van der Waals surface area (Å²) in [6, 6.07) is 9.69. The van der Waals surface area contributed by atoms with E-state index in [2.05, 4.69) is 9.71 Å². The maximum absolute atomic E-state index is 13.1. The van der Waals surface area contributed by atoms with E-state index in [1.807, 2.05) is 37.3 Å². The molecule has 140 valence electrons. The second-order valence-electron chi connectivity index (χ2n) is 6.57. The fraction of sp³-hybridized carbons (Fsp3) is 0.444. The molecule has 1 fully saturated rings. The minimum absolute atomic E-state index is 0.0535. The first-order valence-corrected chi connectivity index (χ1v) is 11.3. The average molecular weight is 394 g/mol. The van der Waals surface area contributed by atoms with Gasteiger partial charge in [-0.05, 0) is 26.2 Å². The fourth-order valence-corrected chi connectivity index (χ4v) is 4.68. The number of hydrogen-bond acceptors (Lipinski definition) is 5. The number of likely N-dealkylation sites (tertiary alicyclic amines) is 1. The van der Waals surface area contributed by atoms with E-state index in [1.54, 1.807) is 4.90 Å². The third-order valence-electron chi connectivity index (χ3n) is 4.48. The van der Waals surface area contributed by atoms with Gasteiger partial charge in [-0.15, -0.1) is 11.3 Å². The molecule has 0 saturated carbocycles. The largest absolute Gasteiger partial charge is 0.334 e. The molecule has 2 aromatic rings. The lowest BCUT2D eigenvalue weighted by Gasteiger charge is -2.35. The number of hydrogen-bond donors (Lipinski definition) is 1. The van der Waals surface area contributed by atoms with Gasteiger partial charge in [-0.25, -0.2) is 18.1 Å². The van der Waals surface area contributed by atoms with Crippen LogP contribution in [0.5, 0.6) is 0 Å². The van der Waals surface area contributed by atoms with Crippen LogP contribution in [0, 0.1) is 6.92 Å². The highest BCUT2D eigenvalue weighted by Crippen LogP contribution is 2.30. The van der Waals surface area contributed by atoms with Crippen molar-refractivity contribution in [3.63, 3.8) is 0 Å². The predicted molar refractivity (Wildman–Crippen MR) is 104 cm³/mol. The molecule has 2 heterocycles. The lowest BCUT2D eigenvalue weighted by molar-refractivity contribution is 0.0623. The summed E-state index contributed by atoms with van der Waals surface area (Å²) in [4.78, 5) is 20.1. The second-order valence-corrected chi connectivity index (χ2v) is 9.40. The Morgan fingerprint density at radius 3 is 2.73 bits per heavy atom. The molecule has 1 atom stereocenters. The Kier molecular flexibility index (Phi) is 5.74. The van der Waals surface area contributed by atoms with Crippen LogP contribution in [0.1, 0.15) is 34.6 Å². The number of nitrogens with one attached hydrogen (secondary N) is 1. The van der Waals surface area contributed by atoms with E-state index in [0.717, 1.165) is 41.8 Å². The first-order chi connectivity index (χ1) is 12.3. The average Bonchev–Trinajstić information content (AvgIpc) is 3.01. The van der Waals surface area contributed by atoms with Crippen LogP contribution in [0.25, 0.3) is 10.6 Å². The topological polar surface area (TPSA) is 79.4 Å². The molecule has 1 aromatic carbocycles. The van der Waals surface area contributed by atoms with E-state index in [9.17, 15) is 13.2 Å². The van der Waals surface area contributed by atoms with E-state index >= 15 is 0 Å². The molecule has 1 amide bonds. The normalized spacial score (nSPS) is 18.1. The summed E-state index contributed by atoms with van der Waals surface area (Å²) < 4.78 is 25.4. The van der Waals surface area contributed by atoms with Crippen molar-refractivity contribution in [2.75, 3.05) is 19.3 Å². The molecular weight excluding hydrogens is 370 g/mol. The van der Waals surface area contributed by atoms with Gasteiger partial charge in [0.2, 0.25) is 10.0 Å². The van der Waals surface area contributed by atoms with E-state index in [4.69, 9.17) is 0 Å². The van der Waals surface area contributed by atoms with Crippen LogP contribution >= 0.6 is 11.3 Å². The number of carbonyl (C=O) groups excluding carboxylic acids is 1. The van der Waals surface area contributed by atoms with Gasteiger partial charge in [0, 0.05) is 24.7 Å². The zero-order chi connectivity index (χ0) is 18.7. The Bertz CT molecular complexity index is 878. The summed E-state index contributed by atoms with van der Waals surface area (Å²) in [5.41, 5.74) is 1.72. The number of aryl methyl sites for hydroxylation is 1. The van der Waals surface area contributed by atoms with Gasteiger partial charge in [0.05, 0.1) is 11.9 Å². The van der Waals surface area contributed by atoms with Crippen molar-refractivity contribution < 1.29 is 13.2 Å². The van der Waals surface area contributed by atoms with Crippen molar-refractivity contribution in [1.29, 1.82) is 0 Å². The highest BCUT2D eigenvalue weighted by atomic mass is 32.2. The highest BCUT2D eigenvalue weighted by Gasteiger charge is 2.30. The van der Waals surface area contributed by atoms with Crippen molar-refractivity contribution in [2.45, 2.75) is 32.2 Å². The van der Waals surface area contributed by atoms with E-state index in [0.29, 0.717) is 11.4 Å². The third kappa shape index (κ3) is 4.49. The number of thiazole rings is 1. The van der Waals surface area contributed by atoms with E-state index in [1.165, 1.54) is 11.3 Å². The molecule has 1 aromatic heterocycles. The SMILES string of the molecule is Cc1nc(-c2ccccc2)sc1C(=O)N1CCCC[C@H]1CNS(C)(=O)=O. The minimum atomic E-state index is -3.28. The van der Waals surface area contributed by atoms with E-state index < -0.39 is 10.0 Å². The molecule has 6 nitrogen and oxygen atoms in total. The van der Waals surface area contributed by atoms with Gasteiger partial charge in [0.25, 0.3) is 5.91 Å². The third-order valence-corrected chi connectivity index (χ3v) is 6.37. The number of benzene rings is 1. The summed E-state index contributed by atoms with van der Waals surface area (Å²) in [5.74, 6) is -0.0535. The summed E-state index contributed by atoms with van der Waals surface area (Å²) >= 11 is 1.40. The first-order valence-electron chi connectivity index (χ1n) is 8.63. The van der Waals surface area contributed by atoms with Crippen molar-refractivity contribution in [1.82, 2.24) is 14.6 Å². The van der Waals surface area contributed by atoms with Gasteiger partial charge in [-0.3, -0.25) is 4.79 Å². The van der Waals surface area contributed by atoms with Crippen LogP contribution < -0.4 is 4.72 Å². The molecule has 0 aliphatic carbocycles. The maximum atomic E-state index is 13.1. The monoisotopic (exact) mass is 393 g/mol. The Hall–Kier alpha value is -1.77. The molecule has 0 bridgehead atoms. The summed E-state index contributed by atoms with van der Waals surface area (Å²) in [7, 11) is -3.28. The summed E-state index contributed by atoms with van der Waals surface area (Å²) in [6.07, 6.45) is 3.88. The first kappa shape index (κ1) is 19.0. The number of nitrogens with zero attached hydrogens (tertiary/aromatic N) is 2. The van der Waals surface area contributed by atoms with Gasteiger partial charge in [0.15, 0.2) is 0 Å². The maximum Gasteiger partial charge on any atom is 0.266 e. The van der Waals surface area contributed by atoms with Crippen LogP contribution in [0.2, 0.25) is 0 Å². The molecule has 0 spiro atoms. The molecule has 26 heavy (non-hydrogen) atoms. The molecule has 1 N–H and O–H groups in total. The molecule has 1 aliphatic heterocycles. The fourth-order valence-electron chi connectivity index (χ4n) is 3.16. The Morgan fingerprint density at radius 2 is 2.04 bits per heavy atom. The molecular formula is C18H23N3O3S2. The van der Waals surface area contributed by atoms with Gasteiger partial charge in [-0.1, -0.05) is 30.3 Å². The second kappa shape index (κ2) is 7.85. The number of rotatable bonds is 5. The molecule has 0 unspecified atom stereocenters. The van der Waals surface area contributed by atoms with Crippen LogP contribution in [0.4, 0.5) is 0 Å². The summed E-state index contributed by atoms with van der Waals surface area (Å²) in [5, 5.41) is 0.828. The van der Waals surface area contributed by atoms with Crippen LogP contribution in [0.3, 0.4) is 0 Å². The van der Waals surface area contributed by atoms with Gasteiger partial charge >= 0.3 is 0 Å². The Morgan fingerprint density at radius 1 is 1.31 bits per heavy atom. The van der Waals surface area contributed by atoms with Crippen LogP contribution in [0.15, 0.2) is 30.3 Å². The number of piperidine rings is 1. The number of carbonyl (C=O) groups is 1. The van der Waals surface area contributed by atoms with Crippen molar-refractivity contribution in [3.8, 4) is 10.6 Å². The summed E-state index contributed by atoms with van der Waals surface area (Å²) in [6.45, 7) is 2.75. The van der Waals surface area contributed by atoms with Gasteiger partial charge in [0.1, 0.15) is 9.88 Å². The lowest BCUT2D eigenvalue weighted by atomic mass is 10.0. The number of amides is 1. The lowest BCUT2D eigenvalue weighted by Crippen LogP contribution is -2.49. The van der Waals surface area contributed by atoms with E-state index in [-0.39, 0.29) is 18.5 Å². The number of aromatic nitrogens is 1. The Balaban J connectivity index is 1.82. The van der Waals surface area contributed by atoms with Crippen molar-refractivity contribution in [2.24, 2.45) is 0 Å². The van der Waals surface area contributed by atoms with Crippen LogP contribution in [-0.2, 0) is 10.0 Å². The molecule has 1 saturated heterocycles. The minimum Gasteiger partial charge on any atom is -0.334 e. The van der Waals surface area contributed by atoms with Crippen molar-refractivity contribution >= 4 is 27.3 Å². The molecule has 1 aliphatic rings. The predicted octanol–water partition coefficient (Wildman–Crippen LogP) is 2.66. The standard InChI is InChI=1S/C18H23N3O3S2/c1-13-16(25-17(20-13)14-8-4-3-5-9-14)18(22)21-11-7-6-10-15(21)12-19-26(2,23)24/h3-5,8-9,15,19H,6-7,10-12H2,1-2H3/t15-/m0/s1. The Labute approximate surface area is 158 Å². The highest BCUT2D eigenvalue weighted by molar-refractivity contribution is 7.88.